The van der Waals surface area contributed by atoms with Crippen LogP contribution < -0.4 is 5.73 Å². The van der Waals surface area contributed by atoms with Crippen LogP contribution in [0.4, 0.5) is 4.39 Å². The average Bonchev–Trinajstić information content (AvgIpc) is 1.88. The van der Waals surface area contributed by atoms with Crippen LogP contribution in [0.25, 0.3) is 0 Å². The van der Waals surface area contributed by atoms with E-state index in [4.69, 9.17) is 11.1 Å². The van der Waals surface area contributed by atoms with E-state index in [0.29, 0.717) is 6.42 Å². The van der Waals surface area contributed by atoms with Gasteiger partial charge >= 0.3 is 0 Å². The van der Waals surface area contributed by atoms with Crippen LogP contribution in [0.3, 0.4) is 0 Å². The molecule has 0 amide bonds. The second-order valence-electron chi connectivity index (χ2n) is 2.16. The first-order chi connectivity index (χ1) is 4.72. The molecule has 0 bridgehead atoms. The number of rotatable bonds is 1. The highest BCUT2D eigenvalue weighted by molar-refractivity contribution is 5.98. The lowest BCUT2D eigenvalue weighted by Crippen LogP contribution is -2.14. The quantitative estimate of drug-likeness (QED) is 0.421. The maximum absolute atomic E-state index is 12.7. The van der Waals surface area contributed by atoms with Crippen LogP contribution >= 0.6 is 0 Å². The zero-order valence-electron chi connectivity index (χ0n) is 5.52. The van der Waals surface area contributed by atoms with Crippen molar-refractivity contribution in [3.8, 4) is 0 Å². The maximum atomic E-state index is 12.7. The summed E-state index contributed by atoms with van der Waals surface area (Å²) in [5, 5.41) is 6.95. The molecule has 1 aliphatic carbocycles. The van der Waals surface area contributed by atoms with Crippen molar-refractivity contribution in [2.75, 3.05) is 0 Å². The Kier molecular flexibility index (Phi) is 1.85. The van der Waals surface area contributed by atoms with Crippen LogP contribution in [-0.2, 0) is 0 Å². The first-order valence-electron chi connectivity index (χ1n) is 3.12. The molecular weight excluding hydrogens is 131 g/mol. The highest BCUT2D eigenvalue weighted by atomic mass is 19.1. The highest BCUT2D eigenvalue weighted by Crippen LogP contribution is 2.18. The Balaban J connectivity index is 2.84. The molecular formula is C7H9FN2. The van der Waals surface area contributed by atoms with Crippen LogP contribution in [0.5, 0.6) is 0 Å². The van der Waals surface area contributed by atoms with Crippen molar-refractivity contribution in [3.63, 3.8) is 0 Å². The van der Waals surface area contributed by atoms with E-state index in [-0.39, 0.29) is 17.2 Å². The Morgan fingerprint density at radius 3 is 2.50 bits per heavy atom. The molecule has 0 aromatic heterocycles. The zero-order chi connectivity index (χ0) is 7.56. The lowest BCUT2D eigenvalue weighted by Gasteiger charge is -2.06. The van der Waals surface area contributed by atoms with Crippen LogP contribution in [0.1, 0.15) is 12.8 Å². The van der Waals surface area contributed by atoms with E-state index in [1.807, 2.05) is 0 Å². The Hall–Kier alpha value is -1.12. The first-order valence-corrected chi connectivity index (χ1v) is 3.12. The molecule has 1 rings (SSSR count). The number of halogens is 1. The molecule has 0 saturated heterocycles. The van der Waals surface area contributed by atoms with E-state index in [2.05, 4.69) is 0 Å². The summed E-state index contributed by atoms with van der Waals surface area (Å²) in [6.07, 6.45) is 4.60. The number of hydrogen-bond donors (Lipinski definition) is 2. The van der Waals surface area contributed by atoms with Crippen molar-refractivity contribution in [2.24, 2.45) is 5.73 Å². The fourth-order valence-corrected chi connectivity index (χ4v) is 0.884. The normalized spacial score (nSPS) is 17.7. The Labute approximate surface area is 58.7 Å². The SMILES string of the molecule is N=C(N)C1=CCCC=C1F. The molecule has 3 N–H and O–H groups in total. The second-order valence-corrected chi connectivity index (χ2v) is 2.16. The van der Waals surface area contributed by atoms with Gasteiger partial charge in [-0.3, -0.25) is 5.41 Å². The molecule has 3 heteroatoms. The lowest BCUT2D eigenvalue weighted by atomic mass is 10.1. The minimum atomic E-state index is -0.362. The summed E-state index contributed by atoms with van der Waals surface area (Å²) >= 11 is 0. The number of allylic oxidation sites excluding steroid dienone is 2. The topological polar surface area (TPSA) is 49.9 Å². The fourth-order valence-electron chi connectivity index (χ4n) is 0.884. The van der Waals surface area contributed by atoms with Crippen molar-refractivity contribution in [1.29, 1.82) is 5.41 Å². The molecule has 0 atom stereocenters. The van der Waals surface area contributed by atoms with Crippen molar-refractivity contribution < 1.29 is 4.39 Å². The minimum absolute atomic E-state index is 0.187. The van der Waals surface area contributed by atoms with Crippen LogP contribution in [0.15, 0.2) is 23.6 Å². The summed E-state index contributed by atoms with van der Waals surface area (Å²) in [6.45, 7) is 0. The molecule has 0 spiro atoms. The van der Waals surface area contributed by atoms with Gasteiger partial charge in [-0.25, -0.2) is 4.39 Å². The lowest BCUT2D eigenvalue weighted by molar-refractivity contribution is 0.644. The smallest absolute Gasteiger partial charge is 0.129 e. The van der Waals surface area contributed by atoms with Gasteiger partial charge in [0.25, 0.3) is 0 Å². The molecule has 0 saturated carbocycles. The van der Waals surface area contributed by atoms with Gasteiger partial charge in [0.15, 0.2) is 0 Å². The summed E-state index contributed by atoms with van der Waals surface area (Å²) in [5.41, 5.74) is 5.33. The predicted octanol–water partition coefficient (Wildman–Crippen LogP) is 1.50. The third-order valence-corrected chi connectivity index (χ3v) is 1.39. The summed E-state index contributed by atoms with van der Waals surface area (Å²) in [6, 6.07) is 0. The van der Waals surface area contributed by atoms with Gasteiger partial charge in [-0.1, -0.05) is 6.08 Å². The summed E-state index contributed by atoms with van der Waals surface area (Å²) < 4.78 is 12.7. The maximum Gasteiger partial charge on any atom is 0.129 e. The number of hydrogen-bond acceptors (Lipinski definition) is 1. The van der Waals surface area contributed by atoms with Crippen molar-refractivity contribution in [3.05, 3.63) is 23.6 Å². The van der Waals surface area contributed by atoms with Gasteiger partial charge in [0.2, 0.25) is 0 Å². The monoisotopic (exact) mass is 140 g/mol. The molecule has 1 aliphatic rings. The third-order valence-electron chi connectivity index (χ3n) is 1.39. The van der Waals surface area contributed by atoms with Gasteiger partial charge < -0.3 is 5.73 Å². The Morgan fingerprint density at radius 2 is 2.10 bits per heavy atom. The molecule has 0 unspecified atom stereocenters. The standard InChI is InChI=1S/C7H9FN2/c8-6-4-2-1-3-5(6)7(9)10/h3-4H,1-2H2,(H3,9,10). The van der Waals surface area contributed by atoms with Gasteiger partial charge in [-0.15, -0.1) is 0 Å². The summed E-state index contributed by atoms with van der Waals surface area (Å²) in [5.74, 6) is -0.549. The zero-order valence-corrected chi connectivity index (χ0v) is 5.52. The number of nitrogens with one attached hydrogen (secondary N) is 1. The molecule has 0 aromatic rings. The number of nitrogens with two attached hydrogens (primary N) is 1. The van der Waals surface area contributed by atoms with Gasteiger partial charge in [0, 0.05) is 5.57 Å². The van der Waals surface area contributed by atoms with E-state index in [9.17, 15) is 4.39 Å². The van der Waals surface area contributed by atoms with Crippen LogP contribution in [0.2, 0.25) is 0 Å². The molecule has 54 valence electrons. The molecule has 0 radical (unpaired) electrons. The van der Waals surface area contributed by atoms with Crippen LogP contribution in [0, 0.1) is 5.41 Å². The largest absolute Gasteiger partial charge is 0.384 e. The van der Waals surface area contributed by atoms with E-state index >= 15 is 0 Å². The van der Waals surface area contributed by atoms with Gasteiger partial charge in [0.1, 0.15) is 11.7 Å². The molecule has 0 aromatic carbocycles. The number of amidine groups is 1. The van der Waals surface area contributed by atoms with Gasteiger partial charge in [-0.2, -0.15) is 0 Å². The summed E-state index contributed by atoms with van der Waals surface area (Å²) in [4.78, 5) is 0. The second kappa shape index (κ2) is 2.64. The molecule has 10 heavy (non-hydrogen) atoms. The van der Waals surface area contributed by atoms with E-state index < -0.39 is 0 Å². The average molecular weight is 140 g/mol. The van der Waals surface area contributed by atoms with Crippen molar-refractivity contribution in [2.45, 2.75) is 12.8 Å². The van der Waals surface area contributed by atoms with Gasteiger partial charge in [-0.05, 0) is 18.9 Å². The summed E-state index contributed by atoms with van der Waals surface area (Å²) in [7, 11) is 0. The van der Waals surface area contributed by atoms with Crippen molar-refractivity contribution in [1.82, 2.24) is 0 Å². The Bertz CT molecular complexity index is 216. The third kappa shape index (κ3) is 1.23. The van der Waals surface area contributed by atoms with E-state index in [1.54, 1.807) is 6.08 Å². The first kappa shape index (κ1) is 6.99. The highest BCUT2D eigenvalue weighted by Gasteiger charge is 2.09. The van der Waals surface area contributed by atoms with Crippen molar-refractivity contribution >= 4 is 5.84 Å². The predicted molar refractivity (Wildman–Crippen MR) is 38.4 cm³/mol. The molecule has 2 nitrogen and oxygen atoms in total. The van der Waals surface area contributed by atoms with Gasteiger partial charge in [0.05, 0.1) is 0 Å². The molecule has 0 heterocycles. The van der Waals surface area contributed by atoms with E-state index in [0.717, 1.165) is 6.42 Å². The fraction of sp³-hybridized carbons (Fsp3) is 0.286. The van der Waals surface area contributed by atoms with E-state index in [1.165, 1.54) is 6.08 Å². The molecule has 0 aliphatic heterocycles. The van der Waals surface area contributed by atoms with Crippen LogP contribution in [-0.4, -0.2) is 5.84 Å². The Morgan fingerprint density at radius 1 is 1.50 bits per heavy atom. The minimum Gasteiger partial charge on any atom is -0.384 e. The molecule has 0 fully saturated rings.